The van der Waals surface area contributed by atoms with Crippen LogP contribution in [0.2, 0.25) is 0 Å². The maximum absolute atomic E-state index is 9.51. The van der Waals surface area contributed by atoms with Crippen LogP contribution < -0.4 is 5.73 Å². The van der Waals surface area contributed by atoms with E-state index >= 15 is 0 Å². The van der Waals surface area contributed by atoms with E-state index in [1.165, 1.54) is 11.1 Å². The van der Waals surface area contributed by atoms with Crippen LogP contribution in [0.3, 0.4) is 0 Å². The van der Waals surface area contributed by atoms with E-state index in [4.69, 9.17) is 5.73 Å². The third-order valence-electron chi connectivity index (χ3n) is 4.29. The Morgan fingerprint density at radius 3 is 2.67 bits per heavy atom. The number of nitrogens with zero attached hydrogens (tertiary/aromatic N) is 2. The van der Waals surface area contributed by atoms with Crippen LogP contribution >= 0.6 is 0 Å². The predicted molar refractivity (Wildman–Crippen MR) is 84.7 cm³/mol. The zero-order valence-electron chi connectivity index (χ0n) is 12.5. The molecular weight excluding hydrogens is 258 g/mol. The summed E-state index contributed by atoms with van der Waals surface area (Å²) < 4.78 is 0. The summed E-state index contributed by atoms with van der Waals surface area (Å²) in [7, 11) is 0. The van der Waals surface area contributed by atoms with Crippen molar-refractivity contribution in [2.75, 3.05) is 5.73 Å². The number of nitrogen functional groups attached to an aromatic ring is 1. The van der Waals surface area contributed by atoms with E-state index in [-0.39, 0.29) is 0 Å². The molecule has 0 saturated heterocycles. The zero-order valence-corrected chi connectivity index (χ0v) is 12.5. The molecule has 106 valence electrons. The average Bonchev–Trinajstić information content (AvgIpc) is 2.47. The molecule has 1 heterocycles. The second-order valence-corrected chi connectivity index (χ2v) is 6.00. The van der Waals surface area contributed by atoms with Gasteiger partial charge in [0.2, 0.25) is 0 Å². The van der Waals surface area contributed by atoms with Gasteiger partial charge in [-0.1, -0.05) is 36.8 Å². The van der Waals surface area contributed by atoms with Crippen LogP contribution in [-0.4, -0.2) is 4.98 Å². The number of benzene rings is 1. The third kappa shape index (κ3) is 2.38. The fourth-order valence-electron chi connectivity index (χ4n) is 3.10. The lowest BCUT2D eigenvalue weighted by Crippen LogP contribution is -2.16. The topological polar surface area (TPSA) is 62.7 Å². The highest BCUT2D eigenvalue weighted by molar-refractivity contribution is 5.79. The fraction of sp³-hybridized carbons (Fsp3) is 0.333. The second kappa shape index (κ2) is 5.21. The summed E-state index contributed by atoms with van der Waals surface area (Å²) in [6.07, 6.45) is 3.06. The molecule has 3 nitrogen and oxygen atoms in total. The van der Waals surface area contributed by atoms with Crippen molar-refractivity contribution in [2.24, 2.45) is 5.92 Å². The fourth-order valence-corrected chi connectivity index (χ4v) is 3.10. The van der Waals surface area contributed by atoms with E-state index in [1.54, 1.807) is 0 Å². The highest BCUT2D eigenvalue weighted by atomic mass is 14.9. The van der Waals surface area contributed by atoms with Gasteiger partial charge in [-0.2, -0.15) is 5.26 Å². The molecule has 0 aliphatic heterocycles. The zero-order chi connectivity index (χ0) is 15.0. The molecular formula is C18H19N3. The van der Waals surface area contributed by atoms with Gasteiger partial charge in [-0.25, -0.2) is 4.98 Å². The monoisotopic (exact) mass is 277 g/mol. The van der Waals surface area contributed by atoms with Gasteiger partial charge in [0, 0.05) is 11.3 Å². The molecule has 0 radical (unpaired) electrons. The molecule has 3 rings (SSSR count). The first-order valence-electron chi connectivity index (χ1n) is 7.38. The van der Waals surface area contributed by atoms with Gasteiger partial charge in [0.1, 0.15) is 17.5 Å². The average molecular weight is 277 g/mol. The van der Waals surface area contributed by atoms with E-state index in [9.17, 15) is 5.26 Å². The molecule has 1 unspecified atom stereocenters. The van der Waals surface area contributed by atoms with E-state index in [0.29, 0.717) is 17.3 Å². The molecule has 1 atom stereocenters. The number of anilines is 1. The summed E-state index contributed by atoms with van der Waals surface area (Å²) in [6, 6.07) is 10.6. The summed E-state index contributed by atoms with van der Waals surface area (Å²) in [4.78, 5) is 4.48. The number of aryl methyl sites for hydroxylation is 2. The van der Waals surface area contributed by atoms with Crippen LogP contribution in [0, 0.1) is 24.2 Å². The number of pyridine rings is 1. The number of nitrogens with two attached hydrogens (primary N) is 1. The molecule has 3 heteroatoms. The number of nitriles is 1. The van der Waals surface area contributed by atoms with Gasteiger partial charge in [0.05, 0.1) is 0 Å². The van der Waals surface area contributed by atoms with Crippen molar-refractivity contribution >= 4 is 5.82 Å². The van der Waals surface area contributed by atoms with Crippen molar-refractivity contribution in [2.45, 2.75) is 33.1 Å². The lowest BCUT2D eigenvalue weighted by Gasteiger charge is -2.25. The van der Waals surface area contributed by atoms with Crippen molar-refractivity contribution < 1.29 is 0 Å². The first-order chi connectivity index (χ1) is 10.1. The molecule has 2 N–H and O–H groups in total. The number of aromatic nitrogens is 1. The quantitative estimate of drug-likeness (QED) is 0.865. The summed E-state index contributed by atoms with van der Waals surface area (Å²) >= 11 is 0. The maximum Gasteiger partial charge on any atom is 0.142 e. The summed E-state index contributed by atoms with van der Waals surface area (Å²) in [6.45, 7) is 4.32. The molecule has 1 aromatic heterocycles. The minimum absolute atomic E-state index is 0.362. The molecule has 0 fully saturated rings. The Bertz CT molecular complexity index is 724. The largest absolute Gasteiger partial charge is 0.383 e. The summed E-state index contributed by atoms with van der Waals surface area (Å²) in [5, 5.41) is 9.51. The maximum atomic E-state index is 9.51. The third-order valence-corrected chi connectivity index (χ3v) is 4.29. The molecule has 1 aromatic carbocycles. The number of hydrogen-bond donors (Lipinski definition) is 1. The van der Waals surface area contributed by atoms with E-state index in [0.717, 1.165) is 36.1 Å². The van der Waals surface area contributed by atoms with Gasteiger partial charge < -0.3 is 5.73 Å². The van der Waals surface area contributed by atoms with Crippen molar-refractivity contribution in [3.05, 3.63) is 46.6 Å². The Balaban J connectivity index is 2.28. The summed E-state index contributed by atoms with van der Waals surface area (Å²) in [5.41, 5.74) is 12.1. The minimum atomic E-state index is 0.362. The SMILES string of the molecule is Cc1ccc(-c2c(C#N)c(N)nc3c2CC(C)CC3)cc1. The highest BCUT2D eigenvalue weighted by Gasteiger charge is 2.24. The minimum Gasteiger partial charge on any atom is -0.383 e. The normalized spacial score (nSPS) is 17.1. The smallest absolute Gasteiger partial charge is 0.142 e. The first kappa shape index (κ1) is 13.6. The molecule has 0 amide bonds. The van der Waals surface area contributed by atoms with Gasteiger partial charge in [0.15, 0.2) is 0 Å². The molecule has 0 bridgehead atoms. The van der Waals surface area contributed by atoms with E-state index in [2.05, 4.69) is 49.2 Å². The van der Waals surface area contributed by atoms with Crippen LogP contribution in [0.15, 0.2) is 24.3 Å². The molecule has 2 aromatic rings. The van der Waals surface area contributed by atoms with Crippen LogP contribution in [0.25, 0.3) is 11.1 Å². The standard InChI is InChI=1S/C18H19N3/c1-11-3-6-13(7-4-11)17-14-9-12(2)5-8-16(14)21-18(20)15(17)10-19/h3-4,6-7,12H,5,8-9H2,1-2H3,(H2,20,21). The van der Waals surface area contributed by atoms with Crippen molar-refractivity contribution in [1.82, 2.24) is 4.98 Å². The Labute approximate surface area is 125 Å². The lowest BCUT2D eigenvalue weighted by atomic mass is 9.82. The van der Waals surface area contributed by atoms with E-state index < -0.39 is 0 Å². The Morgan fingerprint density at radius 2 is 2.00 bits per heavy atom. The molecule has 21 heavy (non-hydrogen) atoms. The second-order valence-electron chi connectivity index (χ2n) is 6.00. The molecule has 1 aliphatic rings. The van der Waals surface area contributed by atoms with Crippen LogP contribution in [-0.2, 0) is 12.8 Å². The Kier molecular flexibility index (Phi) is 3.39. The Hall–Kier alpha value is -2.34. The lowest BCUT2D eigenvalue weighted by molar-refractivity contribution is 0.495. The van der Waals surface area contributed by atoms with Crippen LogP contribution in [0.1, 0.15) is 35.7 Å². The number of rotatable bonds is 1. The van der Waals surface area contributed by atoms with Gasteiger partial charge >= 0.3 is 0 Å². The van der Waals surface area contributed by atoms with Gasteiger partial charge in [0.25, 0.3) is 0 Å². The van der Waals surface area contributed by atoms with Gasteiger partial charge in [-0.15, -0.1) is 0 Å². The van der Waals surface area contributed by atoms with Crippen LogP contribution in [0.5, 0.6) is 0 Å². The molecule has 1 aliphatic carbocycles. The molecule has 0 saturated carbocycles. The van der Waals surface area contributed by atoms with Crippen molar-refractivity contribution in [3.8, 4) is 17.2 Å². The predicted octanol–water partition coefficient (Wildman–Crippen LogP) is 3.64. The summed E-state index contributed by atoms with van der Waals surface area (Å²) in [5.74, 6) is 0.986. The first-order valence-corrected chi connectivity index (χ1v) is 7.38. The van der Waals surface area contributed by atoms with Crippen molar-refractivity contribution in [1.29, 1.82) is 5.26 Å². The van der Waals surface area contributed by atoms with Crippen LogP contribution in [0.4, 0.5) is 5.82 Å². The number of hydrogen-bond acceptors (Lipinski definition) is 3. The van der Waals surface area contributed by atoms with Gasteiger partial charge in [-0.05, 0) is 43.2 Å². The van der Waals surface area contributed by atoms with Crippen molar-refractivity contribution in [3.63, 3.8) is 0 Å². The van der Waals surface area contributed by atoms with Gasteiger partial charge in [-0.3, -0.25) is 0 Å². The molecule has 0 spiro atoms. The Morgan fingerprint density at radius 1 is 1.29 bits per heavy atom. The number of fused-ring (bicyclic) bond motifs is 1. The van der Waals surface area contributed by atoms with E-state index in [1.807, 2.05) is 0 Å². The highest BCUT2D eigenvalue weighted by Crippen LogP contribution is 2.37.